The average Bonchev–Trinajstić information content (AvgIpc) is 3.70. The molecule has 4 heterocycles. The fourth-order valence-electron chi connectivity index (χ4n) is 7.53. The summed E-state index contributed by atoms with van der Waals surface area (Å²) in [6, 6.07) is 10.7. The molecule has 216 valence electrons. The Morgan fingerprint density at radius 3 is 2.63 bits per heavy atom. The molecule has 2 saturated heterocycles. The van der Waals surface area contributed by atoms with Gasteiger partial charge in [-0.3, -0.25) is 9.69 Å². The average molecular weight is 582 g/mol. The van der Waals surface area contributed by atoms with Gasteiger partial charge in [-0.15, -0.1) is 21.5 Å². The predicted molar refractivity (Wildman–Crippen MR) is 152 cm³/mol. The summed E-state index contributed by atoms with van der Waals surface area (Å²) in [4.78, 5) is 19.8. The fourth-order valence-corrected chi connectivity index (χ4v) is 8.30. The number of likely N-dealkylation sites (tertiary alicyclic amines) is 2. The summed E-state index contributed by atoms with van der Waals surface area (Å²) in [6.07, 6.45) is 1.05. The molecule has 7 rings (SSSR count). The highest BCUT2D eigenvalue weighted by Crippen LogP contribution is 2.46. The molecule has 2 atom stereocenters. The minimum atomic E-state index is -4.54. The quantitative estimate of drug-likeness (QED) is 0.348. The van der Waals surface area contributed by atoms with Gasteiger partial charge in [-0.05, 0) is 98.1 Å². The third kappa shape index (κ3) is 4.97. The smallest absolute Gasteiger partial charge is 0.306 e. The summed E-state index contributed by atoms with van der Waals surface area (Å²) in [6.45, 7) is 4.21. The molecule has 2 aromatic carbocycles. The molecule has 0 bridgehead atoms. The number of nitrogens with zero attached hydrogens (tertiary/aromatic N) is 5. The number of carbonyl (C=O) groups excluding carboxylic acids is 1. The molecule has 3 fully saturated rings. The van der Waals surface area contributed by atoms with E-state index in [0.717, 1.165) is 62.4 Å². The minimum absolute atomic E-state index is 0.0756. The lowest BCUT2D eigenvalue weighted by molar-refractivity contribution is -0.138. The van der Waals surface area contributed by atoms with Gasteiger partial charge in [0.15, 0.2) is 0 Å². The Hall–Kier alpha value is -2.82. The first-order valence-corrected chi connectivity index (χ1v) is 15.4. The second-order valence-corrected chi connectivity index (χ2v) is 13.4. The zero-order valence-electron chi connectivity index (χ0n) is 23.2. The molecule has 0 N–H and O–H groups in total. The molecule has 41 heavy (non-hydrogen) atoms. The molecule has 4 aliphatic rings. The maximum Gasteiger partial charge on any atom is 0.416 e. The first-order valence-electron chi connectivity index (χ1n) is 14.5. The summed E-state index contributed by atoms with van der Waals surface area (Å²) in [7, 11) is 2.13. The molecular weight excluding hydrogens is 547 g/mol. The SMILES string of the molecule is CN1CC[C@]2(CCN(Cc3cc4c(c(C(F)(F)F)c3)CN(c3cccc([C@H](c5nncs5)C5CCC5)c3)C4=O)C2)C1. The second-order valence-electron chi connectivity index (χ2n) is 12.5. The second kappa shape index (κ2) is 10.2. The Kier molecular flexibility index (Phi) is 6.71. The molecule has 1 aliphatic carbocycles. The van der Waals surface area contributed by atoms with E-state index in [-0.39, 0.29) is 34.9 Å². The van der Waals surface area contributed by atoms with E-state index in [2.05, 4.69) is 27.0 Å². The zero-order chi connectivity index (χ0) is 28.4. The van der Waals surface area contributed by atoms with Gasteiger partial charge in [-0.1, -0.05) is 18.6 Å². The molecule has 1 saturated carbocycles. The topological polar surface area (TPSA) is 52.6 Å². The van der Waals surface area contributed by atoms with Crippen LogP contribution in [-0.2, 0) is 19.3 Å². The van der Waals surface area contributed by atoms with Crippen LogP contribution in [0.1, 0.15) is 75.6 Å². The lowest BCUT2D eigenvalue weighted by Crippen LogP contribution is -2.29. The van der Waals surface area contributed by atoms with Crippen LogP contribution >= 0.6 is 11.3 Å². The first-order chi connectivity index (χ1) is 19.7. The van der Waals surface area contributed by atoms with Crippen LogP contribution in [0.25, 0.3) is 0 Å². The van der Waals surface area contributed by atoms with Crippen molar-refractivity contribution in [3.63, 3.8) is 0 Å². The van der Waals surface area contributed by atoms with Crippen molar-refractivity contribution in [1.82, 2.24) is 20.0 Å². The lowest BCUT2D eigenvalue weighted by Gasteiger charge is -2.33. The molecule has 1 spiro atoms. The van der Waals surface area contributed by atoms with Crippen LogP contribution in [0.5, 0.6) is 0 Å². The number of fused-ring (bicyclic) bond motifs is 1. The molecule has 3 aliphatic heterocycles. The number of rotatable bonds is 6. The van der Waals surface area contributed by atoms with Gasteiger partial charge in [0.1, 0.15) is 10.5 Å². The predicted octanol–water partition coefficient (Wildman–Crippen LogP) is 6.18. The van der Waals surface area contributed by atoms with E-state index in [9.17, 15) is 18.0 Å². The molecule has 1 amide bonds. The van der Waals surface area contributed by atoms with Crippen LogP contribution in [0.2, 0.25) is 0 Å². The number of alkyl halides is 3. The number of hydrogen-bond acceptors (Lipinski definition) is 6. The van der Waals surface area contributed by atoms with Crippen LogP contribution < -0.4 is 4.90 Å². The van der Waals surface area contributed by atoms with Gasteiger partial charge in [0.2, 0.25) is 0 Å². The maximum absolute atomic E-state index is 14.4. The van der Waals surface area contributed by atoms with Crippen LogP contribution in [0.4, 0.5) is 18.9 Å². The van der Waals surface area contributed by atoms with Gasteiger partial charge in [-0.25, -0.2) is 0 Å². The van der Waals surface area contributed by atoms with Crippen molar-refractivity contribution in [2.24, 2.45) is 11.3 Å². The monoisotopic (exact) mass is 581 g/mol. The summed E-state index contributed by atoms with van der Waals surface area (Å²) >= 11 is 1.52. The summed E-state index contributed by atoms with van der Waals surface area (Å²) in [5.41, 5.74) is 3.75. The van der Waals surface area contributed by atoms with Gasteiger partial charge in [-0.2, -0.15) is 13.2 Å². The largest absolute Gasteiger partial charge is 0.416 e. The molecule has 3 aromatic rings. The highest BCUT2D eigenvalue weighted by atomic mass is 32.1. The minimum Gasteiger partial charge on any atom is -0.306 e. The molecular formula is C31H34F3N5OS. The van der Waals surface area contributed by atoms with Gasteiger partial charge in [0.25, 0.3) is 5.91 Å². The van der Waals surface area contributed by atoms with Crippen LogP contribution in [0, 0.1) is 11.3 Å². The van der Waals surface area contributed by atoms with Crippen molar-refractivity contribution in [3.8, 4) is 0 Å². The summed E-state index contributed by atoms with van der Waals surface area (Å²) < 4.78 is 43.1. The Morgan fingerprint density at radius 1 is 1.12 bits per heavy atom. The normalized spacial score (nSPS) is 24.4. The summed E-state index contributed by atoms with van der Waals surface area (Å²) in [5.74, 6) is 0.173. The van der Waals surface area contributed by atoms with Crippen LogP contribution in [0.3, 0.4) is 0 Å². The molecule has 0 radical (unpaired) electrons. The Bertz CT molecular complexity index is 1460. The van der Waals surface area contributed by atoms with Crippen LogP contribution in [-0.4, -0.2) is 59.1 Å². The van der Waals surface area contributed by atoms with Crippen molar-refractivity contribution in [2.75, 3.05) is 38.1 Å². The molecule has 1 aromatic heterocycles. The van der Waals surface area contributed by atoms with Gasteiger partial charge in [0.05, 0.1) is 12.1 Å². The van der Waals surface area contributed by atoms with E-state index < -0.39 is 11.7 Å². The van der Waals surface area contributed by atoms with Gasteiger partial charge < -0.3 is 9.80 Å². The number of benzene rings is 2. The van der Waals surface area contributed by atoms with Crippen molar-refractivity contribution in [2.45, 2.75) is 57.3 Å². The number of aromatic nitrogens is 2. The highest BCUT2D eigenvalue weighted by Gasteiger charge is 2.44. The zero-order valence-corrected chi connectivity index (χ0v) is 24.0. The van der Waals surface area contributed by atoms with Crippen molar-refractivity contribution in [1.29, 1.82) is 0 Å². The molecule has 6 nitrogen and oxygen atoms in total. The van der Waals surface area contributed by atoms with E-state index >= 15 is 0 Å². The third-order valence-corrected chi connectivity index (χ3v) is 10.5. The van der Waals surface area contributed by atoms with Crippen LogP contribution in [0.15, 0.2) is 41.9 Å². The number of halogens is 3. The van der Waals surface area contributed by atoms with Gasteiger partial charge in [0, 0.05) is 36.8 Å². The third-order valence-electron chi connectivity index (χ3n) is 9.76. The van der Waals surface area contributed by atoms with E-state index in [1.165, 1.54) is 28.7 Å². The number of carbonyl (C=O) groups is 1. The standard InChI is InChI=1S/C31H34F3N5OS/c1-37-10-8-30(17-37)9-11-38(18-30)15-20-12-24-25(26(13-20)31(32,33)34)16-39(29(24)40)23-7-3-6-22(14-23)27(21-4-2-5-21)28-36-35-19-41-28/h3,6-7,12-14,19,21,27H,2,4-5,8-11,15-18H2,1H3/t27-,30+/m1/s1. The Labute approximate surface area is 242 Å². The summed E-state index contributed by atoms with van der Waals surface area (Å²) in [5, 5.41) is 9.33. The Balaban J connectivity index is 1.17. The van der Waals surface area contributed by atoms with Crippen molar-refractivity contribution in [3.05, 3.63) is 74.7 Å². The molecule has 10 heteroatoms. The van der Waals surface area contributed by atoms with Crippen molar-refractivity contribution < 1.29 is 18.0 Å². The lowest BCUT2D eigenvalue weighted by atomic mass is 9.73. The van der Waals surface area contributed by atoms with Gasteiger partial charge >= 0.3 is 6.18 Å². The Morgan fingerprint density at radius 2 is 1.95 bits per heavy atom. The first kappa shape index (κ1) is 27.0. The number of amides is 1. The van der Waals surface area contributed by atoms with E-state index in [4.69, 9.17) is 0 Å². The number of hydrogen-bond donors (Lipinski definition) is 0. The fraction of sp³-hybridized carbons (Fsp3) is 0.516. The highest BCUT2D eigenvalue weighted by molar-refractivity contribution is 7.09. The van der Waals surface area contributed by atoms with Crippen molar-refractivity contribution >= 4 is 22.9 Å². The van der Waals surface area contributed by atoms with E-state index in [1.807, 2.05) is 24.3 Å². The van der Waals surface area contributed by atoms with E-state index in [0.29, 0.717) is 23.7 Å². The number of anilines is 1. The maximum atomic E-state index is 14.4. The van der Waals surface area contributed by atoms with E-state index in [1.54, 1.807) is 11.6 Å². The molecule has 0 unspecified atom stereocenters.